The number of rotatable bonds is 3. The zero-order valence-electron chi connectivity index (χ0n) is 15.6. The van der Waals surface area contributed by atoms with Crippen LogP contribution in [0.1, 0.15) is 40.2 Å². The molecule has 148 valence electrons. The van der Waals surface area contributed by atoms with Crippen LogP contribution in [0, 0.1) is 0 Å². The average Bonchev–Trinajstić information content (AvgIpc) is 2.73. The lowest BCUT2D eigenvalue weighted by Crippen LogP contribution is -2.38. The smallest absolute Gasteiger partial charge is 0.255 e. The van der Waals surface area contributed by atoms with E-state index in [-0.39, 0.29) is 30.7 Å². The second-order valence-electron chi connectivity index (χ2n) is 6.93. The fraction of sp³-hybridized carbons (Fsp3) is 0.273. The van der Waals surface area contributed by atoms with Gasteiger partial charge in [-0.25, -0.2) is 0 Å². The maximum Gasteiger partial charge on any atom is 0.255 e. The van der Waals surface area contributed by atoms with Gasteiger partial charge >= 0.3 is 0 Å². The number of carbonyl (C=O) groups is 1. The minimum atomic E-state index is 0. The highest BCUT2D eigenvalue weighted by Crippen LogP contribution is 2.29. The van der Waals surface area contributed by atoms with Crippen LogP contribution in [0.2, 0.25) is 0 Å². The molecule has 2 N–H and O–H groups in total. The standard InChI is InChI=1S/C22H23N3O.2ClH/c23-14-16-4-3-6-18(12-16)17-8-10-25(11-9-17)22(26)20-13-19-5-1-2-7-21(19)24-15-20;;/h1-7,12-13,15,17H,8-11,14,23H2;2*1H. The highest BCUT2D eigenvalue weighted by atomic mass is 35.5. The normalized spacial score (nSPS) is 14.2. The molecule has 1 aromatic heterocycles. The largest absolute Gasteiger partial charge is 0.339 e. The molecule has 4 nitrogen and oxygen atoms in total. The van der Waals surface area contributed by atoms with Crippen LogP contribution in [0.15, 0.2) is 60.8 Å². The van der Waals surface area contributed by atoms with Crippen molar-refractivity contribution in [1.82, 2.24) is 9.88 Å². The first-order valence-electron chi connectivity index (χ1n) is 9.17. The zero-order chi connectivity index (χ0) is 17.9. The van der Waals surface area contributed by atoms with Crippen LogP contribution >= 0.6 is 24.8 Å². The van der Waals surface area contributed by atoms with E-state index in [9.17, 15) is 4.79 Å². The van der Waals surface area contributed by atoms with Crippen LogP contribution in [0.3, 0.4) is 0 Å². The summed E-state index contributed by atoms with van der Waals surface area (Å²) in [6.45, 7) is 2.13. The van der Waals surface area contributed by atoms with Crippen molar-refractivity contribution in [2.75, 3.05) is 13.1 Å². The van der Waals surface area contributed by atoms with E-state index in [1.165, 1.54) is 11.1 Å². The van der Waals surface area contributed by atoms with Gasteiger partial charge < -0.3 is 10.6 Å². The van der Waals surface area contributed by atoms with Crippen molar-refractivity contribution in [3.05, 3.63) is 77.5 Å². The molecule has 3 aromatic rings. The van der Waals surface area contributed by atoms with Crippen LogP contribution in [0.4, 0.5) is 0 Å². The summed E-state index contributed by atoms with van der Waals surface area (Å²) in [7, 11) is 0. The maximum absolute atomic E-state index is 12.9. The predicted molar refractivity (Wildman–Crippen MR) is 118 cm³/mol. The average molecular weight is 418 g/mol. The Morgan fingerprint density at radius 2 is 1.79 bits per heavy atom. The Labute approximate surface area is 178 Å². The van der Waals surface area contributed by atoms with Crippen molar-refractivity contribution in [2.45, 2.75) is 25.3 Å². The first-order chi connectivity index (χ1) is 12.7. The van der Waals surface area contributed by atoms with Gasteiger partial charge in [0.1, 0.15) is 0 Å². The third-order valence-corrected chi connectivity index (χ3v) is 5.28. The number of benzene rings is 2. The fourth-order valence-electron chi connectivity index (χ4n) is 3.76. The number of fused-ring (bicyclic) bond motifs is 1. The summed E-state index contributed by atoms with van der Waals surface area (Å²) < 4.78 is 0. The highest BCUT2D eigenvalue weighted by Gasteiger charge is 2.25. The second-order valence-corrected chi connectivity index (χ2v) is 6.93. The van der Waals surface area contributed by atoms with Gasteiger partial charge in [-0.2, -0.15) is 0 Å². The number of piperidine rings is 1. The van der Waals surface area contributed by atoms with E-state index in [0.29, 0.717) is 18.0 Å². The lowest BCUT2D eigenvalue weighted by Gasteiger charge is -2.32. The van der Waals surface area contributed by atoms with Gasteiger partial charge in [-0.15, -0.1) is 24.8 Å². The third-order valence-electron chi connectivity index (χ3n) is 5.28. The Hall–Kier alpha value is -2.14. The minimum absolute atomic E-state index is 0. The monoisotopic (exact) mass is 417 g/mol. The summed E-state index contributed by atoms with van der Waals surface area (Å²) in [5.41, 5.74) is 9.86. The number of nitrogens with two attached hydrogens (primary N) is 1. The Balaban J connectivity index is 0.00000140. The SMILES string of the molecule is Cl.Cl.NCc1cccc(C2CCN(C(=O)c3cnc4ccccc4c3)CC2)c1. The van der Waals surface area contributed by atoms with E-state index in [1.807, 2.05) is 35.2 Å². The number of hydrogen-bond donors (Lipinski definition) is 1. The Bertz CT molecular complexity index is 940. The van der Waals surface area contributed by atoms with E-state index in [1.54, 1.807) is 6.20 Å². The summed E-state index contributed by atoms with van der Waals surface area (Å²) in [4.78, 5) is 19.2. The molecule has 1 fully saturated rings. The summed E-state index contributed by atoms with van der Waals surface area (Å²) in [5.74, 6) is 0.581. The van der Waals surface area contributed by atoms with Crippen LogP contribution in [0.25, 0.3) is 10.9 Å². The van der Waals surface area contributed by atoms with Crippen molar-refractivity contribution >= 4 is 41.6 Å². The molecule has 1 saturated heterocycles. The first-order valence-corrected chi connectivity index (χ1v) is 9.17. The summed E-state index contributed by atoms with van der Waals surface area (Å²) in [6.07, 6.45) is 3.67. The molecule has 0 spiro atoms. The molecule has 0 atom stereocenters. The molecule has 0 saturated carbocycles. The van der Waals surface area contributed by atoms with Gasteiger partial charge in [-0.1, -0.05) is 42.5 Å². The van der Waals surface area contributed by atoms with Gasteiger partial charge in [0.25, 0.3) is 5.91 Å². The molecule has 0 aliphatic carbocycles. The van der Waals surface area contributed by atoms with Crippen molar-refractivity contribution in [3.8, 4) is 0 Å². The number of para-hydroxylation sites is 1. The topological polar surface area (TPSA) is 59.2 Å². The van der Waals surface area contributed by atoms with E-state index in [0.717, 1.165) is 36.8 Å². The minimum Gasteiger partial charge on any atom is -0.339 e. The van der Waals surface area contributed by atoms with Crippen molar-refractivity contribution in [2.24, 2.45) is 5.73 Å². The molecular formula is C22H25Cl2N3O. The molecule has 1 aliphatic heterocycles. The van der Waals surface area contributed by atoms with Gasteiger partial charge in [-0.05, 0) is 42.0 Å². The van der Waals surface area contributed by atoms with Crippen LogP contribution in [-0.2, 0) is 6.54 Å². The molecule has 0 unspecified atom stereocenters. The zero-order valence-corrected chi connectivity index (χ0v) is 17.2. The Morgan fingerprint density at radius 1 is 1.04 bits per heavy atom. The lowest BCUT2D eigenvalue weighted by molar-refractivity contribution is 0.0713. The van der Waals surface area contributed by atoms with Gasteiger partial charge in [-0.3, -0.25) is 9.78 Å². The van der Waals surface area contributed by atoms with Crippen molar-refractivity contribution in [1.29, 1.82) is 0 Å². The fourth-order valence-corrected chi connectivity index (χ4v) is 3.76. The van der Waals surface area contributed by atoms with Gasteiger partial charge in [0, 0.05) is 31.2 Å². The van der Waals surface area contributed by atoms with Gasteiger partial charge in [0.05, 0.1) is 11.1 Å². The molecule has 0 bridgehead atoms. The quantitative estimate of drug-likeness (QED) is 0.679. The van der Waals surface area contributed by atoms with Gasteiger partial charge in [0.15, 0.2) is 0 Å². The van der Waals surface area contributed by atoms with E-state index < -0.39 is 0 Å². The van der Waals surface area contributed by atoms with E-state index >= 15 is 0 Å². The maximum atomic E-state index is 12.9. The summed E-state index contributed by atoms with van der Waals surface area (Å²) >= 11 is 0. The Kier molecular flexibility index (Phi) is 7.81. The van der Waals surface area contributed by atoms with E-state index in [4.69, 9.17) is 5.73 Å². The van der Waals surface area contributed by atoms with Crippen molar-refractivity contribution in [3.63, 3.8) is 0 Å². The highest BCUT2D eigenvalue weighted by molar-refractivity contribution is 5.97. The molecule has 4 rings (SSSR count). The molecule has 28 heavy (non-hydrogen) atoms. The summed E-state index contributed by atoms with van der Waals surface area (Å²) in [6, 6.07) is 18.4. The Morgan fingerprint density at radius 3 is 2.54 bits per heavy atom. The van der Waals surface area contributed by atoms with Crippen molar-refractivity contribution < 1.29 is 4.79 Å². The molecule has 1 aliphatic rings. The number of hydrogen-bond acceptors (Lipinski definition) is 3. The third kappa shape index (κ3) is 4.64. The van der Waals surface area contributed by atoms with E-state index in [2.05, 4.69) is 29.2 Å². The number of carbonyl (C=O) groups excluding carboxylic acids is 1. The number of likely N-dealkylation sites (tertiary alicyclic amines) is 1. The first kappa shape index (κ1) is 22.2. The number of aromatic nitrogens is 1. The number of halogens is 2. The predicted octanol–water partition coefficient (Wildman–Crippen LogP) is 4.56. The summed E-state index contributed by atoms with van der Waals surface area (Å²) in [5, 5.41) is 1.01. The number of pyridine rings is 1. The molecule has 2 aromatic carbocycles. The van der Waals surface area contributed by atoms with Gasteiger partial charge in [0.2, 0.25) is 0 Å². The van der Waals surface area contributed by atoms with Crippen LogP contribution in [-0.4, -0.2) is 28.9 Å². The molecule has 0 radical (unpaired) electrons. The number of nitrogens with zero attached hydrogens (tertiary/aromatic N) is 2. The van der Waals surface area contributed by atoms with Crippen LogP contribution in [0.5, 0.6) is 0 Å². The lowest BCUT2D eigenvalue weighted by atomic mass is 9.88. The number of amides is 1. The molecular weight excluding hydrogens is 393 g/mol. The second kappa shape index (κ2) is 9.87. The molecule has 1 amide bonds. The molecule has 2 heterocycles. The van der Waals surface area contributed by atoms with Crippen LogP contribution < -0.4 is 5.73 Å². The molecule has 6 heteroatoms.